The highest BCUT2D eigenvalue weighted by Crippen LogP contribution is 2.16. The molecule has 3 aromatic rings. The number of urea groups is 1. The van der Waals surface area contributed by atoms with E-state index in [1.807, 2.05) is 0 Å². The number of nitrogens with one attached hydrogen (secondary N) is 3. The highest BCUT2D eigenvalue weighted by molar-refractivity contribution is 6.00. The second kappa shape index (κ2) is 13.7. The molecule has 204 valence electrons. The Bertz CT molecular complexity index is 1320. The lowest BCUT2D eigenvalue weighted by Crippen LogP contribution is -2.43. The summed E-state index contributed by atoms with van der Waals surface area (Å²) in [6, 6.07) is 17.8. The lowest BCUT2D eigenvalue weighted by molar-refractivity contribution is -0.147. The van der Waals surface area contributed by atoms with Gasteiger partial charge in [-0.25, -0.2) is 9.18 Å². The number of hydrogen-bond donors (Lipinski definition) is 5. The highest BCUT2D eigenvalue weighted by Gasteiger charge is 2.21. The number of amides is 4. The molecule has 12 heteroatoms. The standard InChI is InChI=1S/C27H29FN6O5/c1-34(26(37)22(29)15-25(36)39-30)16-18-8-12-19(13-9-18)31-24(35)14-17-6-10-20(11-7-17)32-27(38)33-23-5-3-2-4-21(23)28/h2-13,22H,14-16,29-30H2,1H3,(H,31,35)(H2,32,33,38). The van der Waals surface area contributed by atoms with Gasteiger partial charge in [-0.15, -0.1) is 0 Å². The lowest BCUT2D eigenvalue weighted by Gasteiger charge is -2.21. The first-order chi connectivity index (χ1) is 18.6. The van der Waals surface area contributed by atoms with Crippen LogP contribution in [0.1, 0.15) is 17.5 Å². The van der Waals surface area contributed by atoms with Crippen molar-refractivity contribution in [3.05, 3.63) is 89.7 Å². The Balaban J connectivity index is 1.46. The van der Waals surface area contributed by atoms with Crippen LogP contribution in [0.3, 0.4) is 0 Å². The summed E-state index contributed by atoms with van der Waals surface area (Å²) in [6.45, 7) is 0.247. The number of halogens is 1. The molecule has 0 saturated heterocycles. The molecule has 1 atom stereocenters. The van der Waals surface area contributed by atoms with Crippen LogP contribution in [0, 0.1) is 5.82 Å². The minimum atomic E-state index is -1.06. The van der Waals surface area contributed by atoms with Crippen molar-refractivity contribution in [1.82, 2.24) is 4.90 Å². The van der Waals surface area contributed by atoms with E-state index in [1.165, 1.54) is 23.1 Å². The number of carbonyl (C=O) groups excluding carboxylic acids is 4. The largest absolute Gasteiger partial charge is 0.373 e. The Morgan fingerprint density at radius 2 is 1.46 bits per heavy atom. The van der Waals surface area contributed by atoms with Gasteiger partial charge in [-0.3, -0.25) is 14.4 Å². The first kappa shape index (κ1) is 28.8. The summed E-state index contributed by atoms with van der Waals surface area (Å²) < 4.78 is 13.7. The average Bonchev–Trinajstić information content (AvgIpc) is 2.91. The molecule has 0 saturated carbocycles. The topological polar surface area (TPSA) is 169 Å². The zero-order valence-corrected chi connectivity index (χ0v) is 21.1. The number of likely N-dealkylation sites (N-methyl/N-ethyl adjacent to an activating group) is 1. The van der Waals surface area contributed by atoms with Crippen LogP contribution in [0.25, 0.3) is 0 Å². The summed E-state index contributed by atoms with van der Waals surface area (Å²) in [4.78, 5) is 53.5. The molecule has 0 aromatic heterocycles. The molecular formula is C27H29FN6O5. The third-order valence-corrected chi connectivity index (χ3v) is 5.57. The van der Waals surface area contributed by atoms with Gasteiger partial charge in [0, 0.05) is 25.0 Å². The van der Waals surface area contributed by atoms with Gasteiger partial charge < -0.3 is 31.4 Å². The fraction of sp³-hybridized carbons (Fsp3) is 0.185. The van der Waals surface area contributed by atoms with E-state index in [-0.39, 0.29) is 31.0 Å². The molecule has 0 heterocycles. The molecule has 0 bridgehead atoms. The van der Waals surface area contributed by atoms with Gasteiger partial charge in [0.2, 0.25) is 11.8 Å². The monoisotopic (exact) mass is 536 g/mol. The summed E-state index contributed by atoms with van der Waals surface area (Å²) in [5, 5.41) is 7.84. The molecule has 0 aliphatic heterocycles. The normalized spacial score (nSPS) is 11.2. The molecule has 0 spiro atoms. The van der Waals surface area contributed by atoms with Crippen molar-refractivity contribution in [1.29, 1.82) is 0 Å². The molecule has 0 fully saturated rings. The van der Waals surface area contributed by atoms with Crippen molar-refractivity contribution in [2.45, 2.75) is 25.4 Å². The van der Waals surface area contributed by atoms with E-state index < -0.39 is 29.8 Å². The fourth-order valence-corrected chi connectivity index (χ4v) is 3.59. The Morgan fingerprint density at radius 1 is 0.872 bits per heavy atom. The summed E-state index contributed by atoms with van der Waals surface area (Å²) in [5.41, 5.74) is 8.35. The van der Waals surface area contributed by atoms with Crippen molar-refractivity contribution in [2.75, 3.05) is 23.0 Å². The van der Waals surface area contributed by atoms with Gasteiger partial charge in [0.15, 0.2) is 0 Å². The number of para-hydroxylation sites is 1. The lowest BCUT2D eigenvalue weighted by atomic mass is 10.1. The van der Waals surface area contributed by atoms with Gasteiger partial charge in [0.25, 0.3) is 0 Å². The SMILES string of the molecule is CN(Cc1ccc(NC(=O)Cc2ccc(NC(=O)Nc3ccccc3F)cc2)cc1)C(=O)C(N)CC(=O)ON. The van der Waals surface area contributed by atoms with Gasteiger partial charge >= 0.3 is 12.0 Å². The maximum absolute atomic E-state index is 13.7. The predicted octanol–water partition coefficient (Wildman–Crippen LogP) is 2.74. The Morgan fingerprint density at radius 3 is 2.08 bits per heavy atom. The Kier molecular flexibility index (Phi) is 10.1. The minimum Gasteiger partial charge on any atom is -0.373 e. The van der Waals surface area contributed by atoms with E-state index in [0.29, 0.717) is 11.4 Å². The van der Waals surface area contributed by atoms with E-state index in [2.05, 4.69) is 20.8 Å². The van der Waals surface area contributed by atoms with E-state index in [9.17, 15) is 23.6 Å². The quantitative estimate of drug-likeness (QED) is 0.248. The Hall–Kier alpha value is -4.81. The van der Waals surface area contributed by atoms with Crippen molar-refractivity contribution >= 4 is 40.9 Å². The van der Waals surface area contributed by atoms with Gasteiger partial charge in [-0.05, 0) is 47.5 Å². The van der Waals surface area contributed by atoms with Crippen LogP contribution in [0.2, 0.25) is 0 Å². The second-order valence-electron chi connectivity index (χ2n) is 8.67. The number of hydrogen-bond acceptors (Lipinski definition) is 7. The molecular weight excluding hydrogens is 507 g/mol. The summed E-state index contributed by atoms with van der Waals surface area (Å²) in [6.07, 6.45) is -0.224. The molecule has 0 aliphatic carbocycles. The minimum absolute atomic E-state index is 0.0626. The van der Waals surface area contributed by atoms with Crippen molar-refractivity contribution < 1.29 is 28.4 Å². The highest BCUT2D eigenvalue weighted by atomic mass is 19.1. The molecule has 39 heavy (non-hydrogen) atoms. The predicted molar refractivity (Wildman–Crippen MR) is 144 cm³/mol. The fourth-order valence-electron chi connectivity index (χ4n) is 3.59. The van der Waals surface area contributed by atoms with Crippen LogP contribution in [0.15, 0.2) is 72.8 Å². The smallest absolute Gasteiger partial charge is 0.326 e. The van der Waals surface area contributed by atoms with Crippen LogP contribution in [0.5, 0.6) is 0 Å². The van der Waals surface area contributed by atoms with Crippen molar-refractivity contribution in [3.8, 4) is 0 Å². The number of benzene rings is 3. The maximum Gasteiger partial charge on any atom is 0.326 e. The van der Waals surface area contributed by atoms with Crippen molar-refractivity contribution in [2.24, 2.45) is 11.6 Å². The van der Waals surface area contributed by atoms with Crippen LogP contribution < -0.4 is 27.6 Å². The number of nitrogens with zero attached hydrogens (tertiary/aromatic N) is 1. The van der Waals surface area contributed by atoms with Crippen LogP contribution in [0.4, 0.5) is 26.2 Å². The van der Waals surface area contributed by atoms with Crippen LogP contribution in [-0.4, -0.2) is 41.8 Å². The summed E-state index contributed by atoms with van der Waals surface area (Å²) in [7, 11) is 1.56. The van der Waals surface area contributed by atoms with E-state index in [4.69, 9.17) is 11.6 Å². The van der Waals surface area contributed by atoms with E-state index in [0.717, 1.165) is 11.1 Å². The number of carbonyl (C=O) groups is 4. The van der Waals surface area contributed by atoms with Gasteiger partial charge in [-0.2, -0.15) is 5.90 Å². The molecule has 3 rings (SSSR count). The van der Waals surface area contributed by atoms with Crippen LogP contribution in [-0.2, 0) is 32.2 Å². The molecule has 11 nitrogen and oxygen atoms in total. The molecule has 0 aliphatic rings. The van der Waals surface area contributed by atoms with Gasteiger partial charge in [0.05, 0.1) is 24.6 Å². The zero-order valence-electron chi connectivity index (χ0n) is 21.1. The molecule has 7 N–H and O–H groups in total. The average molecular weight is 537 g/mol. The zero-order chi connectivity index (χ0) is 28.4. The maximum atomic E-state index is 13.7. The first-order valence-electron chi connectivity index (χ1n) is 11.8. The van der Waals surface area contributed by atoms with Gasteiger partial charge in [-0.1, -0.05) is 36.4 Å². The Labute approximate surface area is 224 Å². The number of rotatable bonds is 10. The summed E-state index contributed by atoms with van der Waals surface area (Å²) >= 11 is 0. The third kappa shape index (κ3) is 8.91. The first-order valence-corrected chi connectivity index (χ1v) is 11.8. The molecule has 0 radical (unpaired) electrons. The van der Waals surface area contributed by atoms with E-state index >= 15 is 0 Å². The van der Waals surface area contributed by atoms with Crippen molar-refractivity contribution in [3.63, 3.8) is 0 Å². The van der Waals surface area contributed by atoms with E-state index in [1.54, 1.807) is 61.6 Å². The van der Waals surface area contributed by atoms with Gasteiger partial charge in [0.1, 0.15) is 5.82 Å². The van der Waals surface area contributed by atoms with Crippen LogP contribution >= 0.6 is 0 Å². The number of anilines is 3. The number of nitrogens with two attached hydrogens (primary N) is 2. The molecule has 4 amide bonds. The summed E-state index contributed by atoms with van der Waals surface area (Å²) in [5.74, 6) is 2.77. The second-order valence-corrected chi connectivity index (χ2v) is 8.67. The molecule has 1 unspecified atom stereocenters. The third-order valence-electron chi connectivity index (χ3n) is 5.57. The molecule has 3 aromatic carbocycles.